The number of rotatable bonds is 1. The average Bonchev–Trinajstić information content (AvgIpc) is 2.80. The number of imidazole rings is 1. The maximum absolute atomic E-state index is 12.7. The molecule has 3 aromatic rings. The van der Waals surface area contributed by atoms with Crippen molar-refractivity contribution in [1.82, 2.24) is 9.55 Å². The first-order valence-electron chi connectivity index (χ1n) is 5.85. The highest BCUT2D eigenvalue weighted by Gasteiger charge is 2.30. The van der Waals surface area contributed by atoms with Crippen molar-refractivity contribution in [2.45, 2.75) is 6.18 Å². The molecule has 20 heavy (non-hydrogen) atoms. The van der Waals surface area contributed by atoms with Crippen molar-refractivity contribution in [1.29, 1.82) is 0 Å². The smallest absolute Gasteiger partial charge is 0.399 e. The summed E-state index contributed by atoms with van der Waals surface area (Å²) in [4.78, 5) is 4.15. The first kappa shape index (κ1) is 12.5. The Morgan fingerprint density at radius 3 is 2.60 bits per heavy atom. The third kappa shape index (κ3) is 2.09. The van der Waals surface area contributed by atoms with Crippen LogP contribution in [0.3, 0.4) is 0 Å². The van der Waals surface area contributed by atoms with Crippen LogP contribution >= 0.6 is 0 Å². The zero-order valence-electron chi connectivity index (χ0n) is 10.2. The molecule has 102 valence electrons. The minimum atomic E-state index is -4.36. The molecule has 0 saturated heterocycles. The molecule has 2 N–H and O–H groups in total. The third-order valence-electron chi connectivity index (χ3n) is 3.02. The Kier molecular flexibility index (Phi) is 2.67. The summed E-state index contributed by atoms with van der Waals surface area (Å²) < 4.78 is 39.8. The summed E-state index contributed by atoms with van der Waals surface area (Å²) in [6.45, 7) is 0. The van der Waals surface area contributed by atoms with Crippen molar-refractivity contribution < 1.29 is 13.2 Å². The largest absolute Gasteiger partial charge is 0.416 e. The van der Waals surface area contributed by atoms with E-state index in [-0.39, 0.29) is 0 Å². The van der Waals surface area contributed by atoms with Gasteiger partial charge in [0.15, 0.2) is 0 Å². The van der Waals surface area contributed by atoms with E-state index in [0.29, 0.717) is 22.4 Å². The predicted molar refractivity (Wildman–Crippen MR) is 70.5 cm³/mol. The van der Waals surface area contributed by atoms with E-state index >= 15 is 0 Å². The normalized spacial score (nSPS) is 11.9. The number of nitrogens with two attached hydrogens (primary N) is 1. The van der Waals surface area contributed by atoms with Crippen LogP contribution in [0.2, 0.25) is 0 Å². The molecule has 0 atom stereocenters. The summed E-state index contributed by atoms with van der Waals surface area (Å²) in [5, 5.41) is 0. The highest BCUT2D eigenvalue weighted by atomic mass is 19.4. The first-order valence-corrected chi connectivity index (χ1v) is 5.85. The number of nitrogens with zero attached hydrogens (tertiary/aromatic N) is 2. The fraction of sp³-hybridized carbons (Fsp3) is 0.0714. The Morgan fingerprint density at radius 1 is 1.05 bits per heavy atom. The average molecular weight is 277 g/mol. The van der Waals surface area contributed by atoms with E-state index in [1.807, 2.05) is 0 Å². The second-order valence-corrected chi connectivity index (χ2v) is 4.41. The Balaban J connectivity index is 2.16. The fourth-order valence-corrected chi connectivity index (χ4v) is 2.07. The van der Waals surface area contributed by atoms with Crippen LogP contribution in [-0.4, -0.2) is 9.55 Å². The minimum Gasteiger partial charge on any atom is -0.399 e. The highest BCUT2D eigenvalue weighted by molar-refractivity contribution is 5.80. The van der Waals surface area contributed by atoms with E-state index in [1.165, 1.54) is 12.4 Å². The molecule has 1 heterocycles. The van der Waals surface area contributed by atoms with Gasteiger partial charge in [-0.2, -0.15) is 13.2 Å². The molecule has 0 aliphatic carbocycles. The molecule has 0 radical (unpaired) electrons. The fourth-order valence-electron chi connectivity index (χ4n) is 2.07. The molecule has 0 fully saturated rings. The van der Waals surface area contributed by atoms with E-state index in [2.05, 4.69) is 4.98 Å². The van der Waals surface area contributed by atoms with Gasteiger partial charge in [-0.25, -0.2) is 4.98 Å². The molecule has 3 nitrogen and oxygen atoms in total. The number of nitrogen functional groups attached to an aromatic ring is 1. The molecule has 6 heteroatoms. The van der Waals surface area contributed by atoms with Gasteiger partial charge < -0.3 is 5.73 Å². The van der Waals surface area contributed by atoms with Crippen LogP contribution in [0, 0.1) is 0 Å². The predicted octanol–water partition coefficient (Wildman–Crippen LogP) is 3.63. The zero-order chi connectivity index (χ0) is 14.3. The molecule has 0 amide bonds. The zero-order valence-corrected chi connectivity index (χ0v) is 10.2. The maximum atomic E-state index is 12.7. The van der Waals surface area contributed by atoms with Crippen LogP contribution in [0.4, 0.5) is 18.9 Å². The Hall–Kier alpha value is -2.50. The van der Waals surface area contributed by atoms with Crippen LogP contribution < -0.4 is 5.73 Å². The number of fused-ring (bicyclic) bond motifs is 1. The SMILES string of the molecule is Nc1ccc2c(c1)ncn2-c1cccc(C(F)(F)F)c1. The third-order valence-corrected chi connectivity index (χ3v) is 3.02. The topological polar surface area (TPSA) is 43.8 Å². The molecular formula is C14H10F3N3. The van der Waals surface area contributed by atoms with Crippen molar-refractivity contribution in [3.63, 3.8) is 0 Å². The quantitative estimate of drug-likeness (QED) is 0.690. The molecule has 2 aromatic carbocycles. The van der Waals surface area contributed by atoms with Gasteiger partial charge in [0.2, 0.25) is 0 Å². The monoisotopic (exact) mass is 277 g/mol. The van der Waals surface area contributed by atoms with E-state index in [0.717, 1.165) is 12.1 Å². The second-order valence-electron chi connectivity index (χ2n) is 4.41. The van der Waals surface area contributed by atoms with E-state index in [1.54, 1.807) is 28.8 Å². The van der Waals surface area contributed by atoms with Gasteiger partial charge in [-0.1, -0.05) is 6.07 Å². The van der Waals surface area contributed by atoms with Gasteiger partial charge >= 0.3 is 6.18 Å². The molecule has 3 rings (SSSR count). The number of benzene rings is 2. The number of anilines is 1. The lowest BCUT2D eigenvalue weighted by Gasteiger charge is -2.10. The second kappa shape index (κ2) is 4.26. The summed E-state index contributed by atoms with van der Waals surface area (Å²) in [6, 6.07) is 10.2. The molecule has 0 spiro atoms. The lowest BCUT2D eigenvalue weighted by Crippen LogP contribution is -2.05. The first-order chi connectivity index (χ1) is 9.45. The van der Waals surface area contributed by atoms with Gasteiger partial charge in [0.25, 0.3) is 0 Å². The molecule has 0 bridgehead atoms. The van der Waals surface area contributed by atoms with E-state index in [4.69, 9.17) is 5.73 Å². The molecule has 1 aromatic heterocycles. The van der Waals surface area contributed by atoms with Crippen LogP contribution in [0.1, 0.15) is 5.56 Å². The van der Waals surface area contributed by atoms with Gasteiger partial charge in [0, 0.05) is 11.4 Å². The highest BCUT2D eigenvalue weighted by Crippen LogP contribution is 2.31. The van der Waals surface area contributed by atoms with Gasteiger partial charge in [0.05, 0.1) is 16.6 Å². The number of aromatic nitrogens is 2. The lowest BCUT2D eigenvalue weighted by molar-refractivity contribution is -0.137. The summed E-state index contributed by atoms with van der Waals surface area (Å²) in [7, 11) is 0. The molecular weight excluding hydrogens is 267 g/mol. The van der Waals surface area contributed by atoms with E-state index < -0.39 is 11.7 Å². The molecule has 0 aliphatic heterocycles. The molecule has 0 unspecified atom stereocenters. The number of alkyl halides is 3. The van der Waals surface area contributed by atoms with Gasteiger partial charge in [0.1, 0.15) is 6.33 Å². The van der Waals surface area contributed by atoms with Crippen LogP contribution in [-0.2, 0) is 6.18 Å². The Labute approximate surface area is 112 Å². The number of hydrogen-bond acceptors (Lipinski definition) is 2. The number of halogens is 3. The van der Waals surface area contributed by atoms with Crippen LogP contribution in [0.25, 0.3) is 16.7 Å². The van der Waals surface area contributed by atoms with Crippen molar-refractivity contribution in [2.24, 2.45) is 0 Å². The van der Waals surface area contributed by atoms with Gasteiger partial charge in [-0.3, -0.25) is 4.57 Å². The van der Waals surface area contributed by atoms with Gasteiger partial charge in [-0.05, 0) is 36.4 Å². The summed E-state index contributed by atoms with van der Waals surface area (Å²) in [6.07, 6.45) is -2.88. The van der Waals surface area contributed by atoms with Crippen LogP contribution in [0.5, 0.6) is 0 Å². The standard InChI is InChI=1S/C14H10F3N3/c15-14(16,17)9-2-1-3-11(6-9)20-8-19-12-7-10(18)4-5-13(12)20/h1-8H,18H2. The van der Waals surface area contributed by atoms with Crippen molar-refractivity contribution in [2.75, 3.05) is 5.73 Å². The minimum absolute atomic E-state index is 0.409. The van der Waals surface area contributed by atoms with Gasteiger partial charge in [-0.15, -0.1) is 0 Å². The molecule has 0 aliphatic rings. The maximum Gasteiger partial charge on any atom is 0.416 e. The summed E-state index contributed by atoms with van der Waals surface area (Å²) in [5.74, 6) is 0. The lowest BCUT2D eigenvalue weighted by atomic mass is 10.2. The van der Waals surface area contributed by atoms with Crippen molar-refractivity contribution >= 4 is 16.7 Å². The Bertz CT molecular complexity index is 775. The Morgan fingerprint density at radius 2 is 1.85 bits per heavy atom. The molecule has 0 saturated carbocycles. The number of hydrogen-bond donors (Lipinski definition) is 1. The van der Waals surface area contributed by atoms with E-state index in [9.17, 15) is 13.2 Å². The summed E-state index contributed by atoms with van der Waals surface area (Å²) in [5.41, 5.74) is 7.29. The van der Waals surface area contributed by atoms with Crippen molar-refractivity contribution in [3.8, 4) is 5.69 Å². The van der Waals surface area contributed by atoms with Crippen LogP contribution in [0.15, 0.2) is 48.8 Å². The summed E-state index contributed by atoms with van der Waals surface area (Å²) >= 11 is 0. The van der Waals surface area contributed by atoms with Crippen molar-refractivity contribution in [3.05, 3.63) is 54.4 Å².